The van der Waals surface area contributed by atoms with E-state index < -0.39 is 0 Å². The van der Waals surface area contributed by atoms with Gasteiger partial charge in [0.2, 0.25) is 0 Å². The third-order valence-corrected chi connectivity index (χ3v) is 4.45. The first-order chi connectivity index (χ1) is 8.11. The fourth-order valence-electron chi connectivity index (χ4n) is 2.57. The van der Waals surface area contributed by atoms with Gasteiger partial charge in [-0.05, 0) is 49.4 Å². The summed E-state index contributed by atoms with van der Waals surface area (Å²) in [6.07, 6.45) is 2.63. The zero-order chi connectivity index (χ0) is 12.4. The van der Waals surface area contributed by atoms with Gasteiger partial charge in [-0.3, -0.25) is 0 Å². The van der Waals surface area contributed by atoms with Gasteiger partial charge in [0.1, 0.15) is 0 Å². The van der Waals surface area contributed by atoms with Crippen molar-refractivity contribution >= 4 is 33.2 Å². The summed E-state index contributed by atoms with van der Waals surface area (Å²) in [5.41, 5.74) is 2.63. The maximum Gasteiger partial charge on any atom is 0.0410 e. The standard InChI is InChI=1S/C14H19BrClN/c1-10-3-4-11(2)17(9-10)14-6-5-13(16)7-12(14)8-15/h5-7,10-11H,3-4,8-9H2,1-2H3. The number of hydrogen-bond acceptors (Lipinski definition) is 1. The van der Waals surface area contributed by atoms with E-state index in [0.29, 0.717) is 6.04 Å². The molecule has 1 aliphatic heterocycles. The van der Waals surface area contributed by atoms with Crippen LogP contribution in [0.5, 0.6) is 0 Å². The zero-order valence-electron chi connectivity index (χ0n) is 10.4. The topological polar surface area (TPSA) is 3.24 Å². The largest absolute Gasteiger partial charge is 0.368 e. The van der Waals surface area contributed by atoms with Crippen LogP contribution in [-0.4, -0.2) is 12.6 Å². The molecule has 0 aliphatic carbocycles. The summed E-state index contributed by atoms with van der Waals surface area (Å²) in [6, 6.07) is 6.85. The molecule has 1 nitrogen and oxygen atoms in total. The average Bonchev–Trinajstić information content (AvgIpc) is 2.32. The molecule has 2 atom stereocenters. The van der Waals surface area contributed by atoms with Gasteiger partial charge in [0.25, 0.3) is 0 Å². The second-order valence-electron chi connectivity index (χ2n) is 5.09. The molecule has 17 heavy (non-hydrogen) atoms. The van der Waals surface area contributed by atoms with Gasteiger partial charge in [0, 0.05) is 28.6 Å². The summed E-state index contributed by atoms with van der Waals surface area (Å²) < 4.78 is 0. The molecule has 0 saturated carbocycles. The monoisotopic (exact) mass is 315 g/mol. The van der Waals surface area contributed by atoms with Crippen LogP contribution in [-0.2, 0) is 5.33 Å². The number of benzene rings is 1. The minimum absolute atomic E-state index is 0.630. The van der Waals surface area contributed by atoms with Crippen molar-refractivity contribution in [2.75, 3.05) is 11.4 Å². The van der Waals surface area contributed by atoms with Gasteiger partial charge < -0.3 is 4.90 Å². The van der Waals surface area contributed by atoms with E-state index in [2.05, 4.69) is 46.8 Å². The highest BCUT2D eigenvalue weighted by atomic mass is 79.9. The molecular weight excluding hydrogens is 298 g/mol. The Kier molecular flexibility index (Phi) is 4.37. The minimum atomic E-state index is 0.630. The SMILES string of the molecule is CC1CCC(C)N(c2ccc(Cl)cc2CBr)C1. The highest BCUT2D eigenvalue weighted by Gasteiger charge is 2.24. The van der Waals surface area contributed by atoms with Crippen LogP contribution < -0.4 is 4.90 Å². The molecule has 0 aromatic heterocycles. The van der Waals surface area contributed by atoms with E-state index in [1.807, 2.05) is 6.07 Å². The van der Waals surface area contributed by atoms with Crippen molar-refractivity contribution in [1.82, 2.24) is 0 Å². The summed E-state index contributed by atoms with van der Waals surface area (Å²) in [7, 11) is 0. The van der Waals surface area contributed by atoms with Crippen LogP contribution in [0.1, 0.15) is 32.3 Å². The van der Waals surface area contributed by atoms with Gasteiger partial charge in [0.15, 0.2) is 0 Å². The second kappa shape index (κ2) is 5.62. The summed E-state index contributed by atoms with van der Waals surface area (Å²) in [6.45, 7) is 5.81. The Bertz CT molecular complexity index is 394. The lowest BCUT2D eigenvalue weighted by molar-refractivity contribution is 0.390. The Morgan fingerprint density at radius 3 is 2.82 bits per heavy atom. The highest BCUT2D eigenvalue weighted by Crippen LogP contribution is 2.32. The van der Waals surface area contributed by atoms with Crippen molar-refractivity contribution in [3.63, 3.8) is 0 Å². The normalized spacial score (nSPS) is 25.1. The first-order valence-corrected chi connectivity index (χ1v) is 7.72. The van der Waals surface area contributed by atoms with Crippen LogP contribution in [0.3, 0.4) is 0 Å². The van der Waals surface area contributed by atoms with E-state index in [4.69, 9.17) is 11.6 Å². The Morgan fingerprint density at radius 2 is 2.12 bits per heavy atom. The van der Waals surface area contributed by atoms with E-state index in [-0.39, 0.29) is 0 Å². The summed E-state index contributed by atoms with van der Waals surface area (Å²) in [4.78, 5) is 2.53. The number of rotatable bonds is 2. The fraction of sp³-hybridized carbons (Fsp3) is 0.571. The third-order valence-electron chi connectivity index (χ3n) is 3.61. The van der Waals surface area contributed by atoms with Crippen LogP contribution in [0.4, 0.5) is 5.69 Å². The summed E-state index contributed by atoms with van der Waals surface area (Å²) in [5, 5.41) is 1.68. The van der Waals surface area contributed by atoms with Crippen LogP contribution in [0.25, 0.3) is 0 Å². The lowest BCUT2D eigenvalue weighted by Crippen LogP contribution is -2.41. The molecule has 2 rings (SSSR count). The lowest BCUT2D eigenvalue weighted by Gasteiger charge is -2.39. The molecule has 2 unspecified atom stereocenters. The van der Waals surface area contributed by atoms with E-state index in [1.165, 1.54) is 24.1 Å². The molecule has 0 spiro atoms. The van der Waals surface area contributed by atoms with Crippen molar-refractivity contribution in [1.29, 1.82) is 0 Å². The van der Waals surface area contributed by atoms with E-state index in [1.54, 1.807) is 0 Å². The number of halogens is 2. The van der Waals surface area contributed by atoms with Crippen LogP contribution in [0.15, 0.2) is 18.2 Å². The van der Waals surface area contributed by atoms with Crippen molar-refractivity contribution < 1.29 is 0 Å². The molecule has 1 fully saturated rings. The summed E-state index contributed by atoms with van der Waals surface area (Å²) >= 11 is 9.62. The number of alkyl halides is 1. The fourth-order valence-corrected chi connectivity index (χ4v) is 3.21. The lowest BCUT2D eigenvalue weighted by atomic mass is 9.94. The first kappa shape index (κ1) is 13.2. The van der Waals surface area contributed by atoms with Gasteiger partial charge in [-0.25, -0.2) is 0 Å². The van der Waals surface area contributed by atoms with E-state index >= 15 is 0 Å². The first-order valence-electron chi connectivity index (χ1n) is 6.23. The second-order valence-corrected chi connectivity index (χ2v) is 6.09. The van der Waals surface area contributed by atoms with E-state index in [0.717, 1.165) is 22.8 Å². The Hall–Kier alpha value is -0.210. The van der Waals surface area contributed by atoms with Crippen LogP contribution in [0.2, 0.25) is 5.02 Å². The molecule has 0 N–H and O–H groups in total. The summed E-state index contributed by atoms with van der Waals surface area (Å²) in [5.74, 6) is 0.782. The molecule has 0 amide bonds. The van der Waals surface area contributed by atoms with Crippen molar-refractivity contribution in [3.8, 4) is 0 Å². The molecular formula is C14H19BrClN. The molecule has 3 heteroatoms. The number of piperidine rings is 1. The predicted molar refractivity (Wildman–Crippen MR) is 79.3 cm³/mol. The highest BCUT2D eigenvalue weighted by molar-refractivity contribution is 9.08. The molecule has 1 aromatic carbocycles. The smallest absolute Gasteiger partial charge is 0.0410 e. The van der Waals surface area contributed by atoms with Crippen molar-refractivity contribution in [2.24, 2.45) is 5.92 Å². The molecule has 0 radical (unpaired) electrons. The van der Waals surface area contributed by atoms with Crippen molar-refractivity contribution in [2.45, 2.75) is 38.1 Å². The van der Waals surface area contributed by atoms with Gasteiger partial charge in [-0.15, -0.1) is 0 Å². The van der Waals surface area contributed by atoms with Crippen molar-refractivity contribution in [3.05, 3.63) is 28.8 Å². The number of anilines is 1. The Balaban J connectivity index is 2.31. The number of nitrogens with zero attached hydrogens (tertiary/aromatic N) is 1. The Morgan fingerprint density at radius 1 is 1.35 bits per heavy atom. The molecule has 94 valence electrons. The van der Waals surface area contributed by atoms with Gasteiger partial charge in [-0.1, -0.05) is 34.5 Å². The molecule has 0 bridgehead atoms. The predicted octanol–water partition coefficient (Wildman–Crippen LogP) is 4.86. The molecule has 1 heterocycles. The minimum Gasteiger partial charge on any atom is -0.368 e. The Labute approximate surface area is 117 Å². The maximum atomic E-state index is 6.06. The molecule has 1 aromatic rings. The van der Waals surface area contributed by atoms with E-state index in [9.17, 15) is 0 Å². The zero-order valence-corrected chi connectivity index (χ0v) is 12.8. The molecule has 1 aliphatic rings. The van der Waals surface area contributed by atoms with Gasteiger partial charge in [0.05, 0.1) is 0 Å². The molecule has 1 saturated heterocycles. The quantitative estimate of drug-likeness (QED) is 0.704. The van der Waals surface area contributed by atoms with Gasteiger partial charge >= 0.3 is 0 Å². The number of hydrogen-bond donors (Lipinski definition) is 0. The van der Waals surface area contributed by atoms with Crippen LogP contribution in [0, 0.1) is 5.92 Å². The van der Waals surface area contributed by atoms with Gasteiger partial charge in [-0.2, -0.15) is 0 Å². The average molecular weight is 317 g/mol. The van der Waals surface area contributed by atoms with Crippen LogP contribution >= 0.6 is 27.5 Å². The third kappa shape index (κ3) is 2.97. The maximum absolute atomic E-state index is 6.06.